The molecular formula is C33H32N2O4. The fourth-order valence-electron chi connectivity index (χ4n) is 6.35. The molecule has 0 atom stereocenters. The van der Waals surface area contributed by atoms with Crippen LogP contribution in [0.25, 0.3) is 21.9 Å². The van der Waals surface area contributed by atoms with Gasteiger partial charge in [0.15, 0.2) is 0 Å². The van der Waals surface area contributed by atoms with Crippen molar-refractivity contribution in [1.82, 2.24) is 0 Å². The second-order valence-electron chi connectivity index (χ2n) is 10.3. The van der Waals surface area contributed by atoms with Gasteiger partial charge in [-0.3, -0.25) is 10.1 Å². The van der Waals surface area contributed by atoms with Crippen LogP contribution in [0.1, 0.15) is 74.3 Å². The molecule has 0 spiro atoms. The molecule has 5 rings (SSSR count). The Hall–Kier alpha value is -4.32. The standard InChI is InChI=1S/C33H32N2O4/c1-5-17-33(18-6-2)28-19-23(32(34-39-22(4)36)24-12-8-7-11-21(24)3)15-16-27(28)31-26-14-10-9-13-25(26)30(35(37)38)20-29(31)33/h7-16,19-20H,5-6,17-18H2,1-4H3/b34-32+. The SMILES string of the molecule is CCCC1(CCC)c2cc(/C(=N\OC(C)=O)c3ccccc3C)ccc2-c2c1cc([N+](=O)[O-])c1ccccc21. The third-order valence-electron chi connectivity index (χ3n) is 7.83. The number of fused-ring (bicyclic) bond motifs is 5. The number of aryl methyl sites for hydroxylation is 1. The molecule has 0 bridgehead atoms. The monoisotopic (exact) mass is 520 g/mol. The zero-order valence-corrected chi connectivity index (χ0v) is 22.8. The Morgan fingerprint density at radius 1 is 0.923 bits per heavy atom. The maximum atomic E-state index is 12.2. The number of benzene rings is 4. The minimum absolute atomic E-state index is 0.144. The summed E-state index contributed by atoms with van der Waals surface area (Å²) >= 11 is 0. The summed E-state index contributed by atoms with van der Waals surface area (Å²) in [4.78, 5) is 28.9. The van der Waals surface area contributed by atoms with Crippen molar-refractivity contribution in [2.45, 2.75) is 58.8 Å². The van der Waals surface area contributed by atoms with E-state index >= 15 is 0 Å². The number of hydrogen-bond donors (Lipinski definition) is 0. The van der Waals surface area contributed by atoms with Gasteiger partial charge in [0.1, 0.15) is 5.71 Å². The van der Waals surface area contributed by atoms with Crippen molar-refractivity contribution >= 4 is 28.1 Å². The van der Waals surface area contributed by atoms with E-state index in [1.807, 2.05) is 67.6 Å². The van der Waals surface area contributed by atoms with E-state index in [9.17, 15) is 14.9 Å². The van der Waals surface area contributed by atoms with E-state index in [4.69, 9.17) is 4.84 Å². The van der Waals surface area contributed by atoms with E-state index < -0.39 is 5.97 Å². The molecule has 39 heavy (non-hydrogen) atoms. The van der Waals surface area contributed by atoms with E-state index in [1.165, 1.54) is 6.92 Å². The minimum atomic E-state index is -0.486. The number of oxime groups is 1. The van der Waals surface area contributed by atoms with Crippen LogP contribution in [-0.2, 0) is 15.0 Å². The number of hydrogen-bond acceptors (Lipinski definition) is 5. The van der Waals surface area contributed by atoms with Crippen molar-refractivity contribution < 1.29 is 14.6 Å². The quantitative estimate of drug-likeness (QED) is 0.101. The number of rotatable bonds is 8. The molecular weight excluding hydrogens is 488 g/mol. The summed E-state index contributed by atoms with van der Waals surface area (Å²) in [6, 6.07) is 23.6. The van der Waals surface area contributed by atoms with Crippen LogP contribution in [0.3, 0.4) is 0 Å². The number of non-ortho nitro benzene ring substituents is 1. The molecule has 198 valence electrons. The Morgan fingerprint density at radius 3 is 2.23 bits per heavy atom. The van der Waals surface area contributed by atoms with Gasteiger partial charge in [-0.1, -0.05) is 86.4 Å². The van der Waals surface area contributed by atoms with Gasteiger partial charge in [0.05, 0.1) is 10.3 Å². The number of nitro groups is 1. The van der Waals surface area contributed by atoms with E-state index in [1.54, 1.807) is 0 Å². The molecule has 0 unspecified atom stereocenters. The van der Waals surface area contributed by atoms with Crippen LogP contribution in [0, 0.1) is 17.0 Å². The molecule has 0 saturated heterocycles. The highest BCUT2D eigenvalue weighted by Crippen LogP contribution is 2.57. The van der Waals surface area contributed by atoms with E-state index in [-0.39, 0.29) is 16.0 Å². The molecule has 4 aromatic carbocycles. The molecule has 0 fully saturated rings. The smallest absolute Gasteiger partial charge is 0.318 e. The zero-order valence-electron chi connectivity index (χ0n) is 22.8. The maximum absolute atomic E-state index is 12.2. The molecule has 6 nitrogen and oxygen atoms in total. The van der Waals surface area contributed by atoms with Crippen LogP contribution < -0.4 is 0 Å². The lowest BCUT2D eigenvalue weighted by atomic mass is 9.71. The lowest BCUT2D eigenvalue weighted by molar-refractivity contribution is -0.383. The molecule has 0 aliphatic heterocycles. The lowest BCUT2D eigenvalue weighted by Gasteiger charge is -2.32. The van der Waals surface area contributed by atoms with Gasteiger partial charge < -0.3 is 4.84 Å². The van der Waals surface area contributed by atoms with Crippen molar-refractivity contribution in [3.8, 4) is 11.1 Å². The minimum Gasteiger partial charge on any atom is -0.318 e. The first-order valence-corrected chi connectivity index (χ1v) is 13.5. The Balaban J connectivity index is 1.83. The molecule has 0 aromatic heterocycles. The molecule has 6 heteroatoms. The molecule has 0 saturated carbocycles. The first kappa shape index (κ1) is 26.3. The van der Waals surface area contributed by atoms with Crippen molar-refractivity contribution in [2.24, 2.45) is 5.16 Å². The summed E-state index contributed by atoms with van der Waals surface area (Å²) in [7, 11) is 0. The normalized spacial score (nSPS) is 13.7. The average molecular weight is 521 g/mol. The predicted octanol–water partition coefficient (Wildman–Crippen LogP) is 8.24. The average Bonchev–Trinajstić information content (AvgIpc) is 3.18. The van der Waals surface area contributed by atoms with Gasteiger partial charge in [0, 0.05) is 29.5 Å². The third-order valence-corrected chi connectivity index (χ3v) is 7.83. The van der Waals surface area contributed by atoms with Gasteiger partial charge in [-0.05, 0) is 65.1 Å². The fraction of sp³-hybridized carbons (Fsp3) is 0.273. The number of nitrogens with zero attached hydrogens (tertiary/aromatic N) is 2. The summed E-state index contributed by atoms with van der Waals surface area (Å²) in [5.41, 5.74) is 7.43. The van der Waals surface area contributed by atoms with Gasteiger partial charge in [-0.2, -0.15) is 0 Å². The maximum Gasteiger partial charge on any atom is 0.332 e. The van der Waals surface area contributed by atoms with Gasteiger partial charge in [0.25, 0.3) is 5.69 Å². The molecule has 1 aliphatic carbocycles. The molecule has 4 aromatic rings. The Morgan fingerprint density at radius 2 is 1.59 bits per heavy atom. The van der Waals surface area contributed by atoms with E-state index in [0.717, 1.165) is 70.0 Å². The number of carbonyl (C=O) groups is 1. The fourth-order valence-corrected chi connectivity index (χ4v) is 6.35. The first-order valence-electron chi connectivity index (χ1n) is 13.5. The van der Waals surface area contributed by atoms with Gasteiger partial charge in [-0.25, -0.2) is 4.79 Å². The summed E-state index contributed by atoms with van der Waals surface area (Å²) in [6.07, 6.45) is 3.58. The third kappa shape index (κ3) is 4.40. The molecule has 0 heterocycles. The van der Waals surface area contributed by atoms with Crippen LogP contribution in [-0.4, -0.2) is 16.6 Å². The van der Waals surface area contributed by atoms with Crippen LogP contribution in [0.15, 0.2) is 78.0 Å². The van der Waals surface area contributed by atoms with Gasteiger partial charge >= 0.3 is 5.97 Å². The lowest BCUT2D eigenvalue weighted by Crippen LogP contribution is -2.25. The van der Waals surface area contributed by atoms with Gasteiger partial charge in [0.2, 0.25) is 0 Å². The second-order valence-corrected chi connectivity index (χ2v) is 10.3. The topological polar surface area (TPSA) is 81.8 Å². The number of carbonyl (C=O) groups excluding carboxylic acids is 1. The largest absolute Gasteiger partial charge is 0.332 e. The summed E-state index contributed by atoms with van der Waals surface area (Å²) < 4.78 is 0. The molecule has 1 aliphatic rings. The first-order chi connectivity index (χ1) is 18.8. The zero-order chi connectivity index (χ0) is 27.7. The summed E-state index contributed by atoms with van der Waals surface area (Å²) in [6.45, 7) is 7.67. The molecule has 0 radical (unpaired) electrons. The van der Waals surface area contributed by atoms with E-state index in [2.05, 4.69) is 31.1 Å². The van der Waals surface area contributed by atoms with Crippen molar-refractivity contribution in [2.75, 3.05) is 0 Å². The van der Waals surface area contributed by atoms with Gasteiger partial charge in [-0.15, -0.1) is 0 Å². The number of nitro benzene ring substituents is 1. The van der Waals surface area contributed by atoms with Crippen LogP contribution >= 0.6 is 0 Å². The Bertz CT molecular complexity index is 1630. The Labute approximate surface area is 228 Å². The van der Waals surface area contributed by atoms with Crippen molar-refractivity contribution in [3.05, 3.63) is 111 Å². The molecule has 0 amide bonds. The van der Waals surface area contributed by atoms with Crippen LogP contribution in [0.5, 0.6) is 0 Å². The van der Waals surface area contributed by atoms with E-state index in [0.29, 0.717) is 11.1 Å². The molecule has 0 N–H and O–H groups in total. The highest BCUT2D eigenvalue weighted by Gasteiger charge is 2.44. The predicted molar refractivity (Wildman–Crippen MR) is 155 cm³/mol. The van der Waals surface area contributed by atoms with Crippen LogP contribution in [0.2, 0.25) is 0 Å². The van der Waals surface area contributed by atoms with Crippen LogP contribution in [0.4, 0.5) is 5.69 Å². The second kappa shape index (κ2) is 10.4. The van der Waals surface area contributed by atoms with Crippen molar-refractivity contribution in [1.29, 1.82) is 0 Å². The summed E-state index contributed by atoms with van der Waals surface area (Å²) in [5.74, 6) is -0.486. The summed E-state index contributed by atoms with van der Waals surface area (Å²) in [5, 5.41) is 18.1. The highest BCUT2D eigenvalue weighted by atomic mass is 16.7. The highest BCUT2D eigenvalue weighted by molar-refractivity contribution is 6.14. The Kier molecular flexibility index (Phi) is 7.04. The van der Waals surface area contributed by atoms with Crippen molar-refractivity contribution in [3.63, 3.8) is 0 Å².